The summed E-state index contributed by atoms with van der Waals surface area (Å²) in [6, 6.07) is 0. The molecule has 10 heavy (non-hydrogen) atoms. The maximum absolute atomic E-state index is 9.43. The Bertz CT molecular complexity index is 117. The van der Waals surface area contributed by atoms with Gasteiger partial charge in [-0.15, -0.1) is 0 Å². The van der Waals surface area contributed by atoms with Gasteiger partial charge in [-0.25, -0.2) is 9.78 Å². The topological polar surface area (TPSA) is 38.7 Å². The van der Waals surface area contributed by atoms with Gasteiger partial charge in [-0.1, -0.05) is 0 Å². The Morgan fingerprint density at radius 2 is 2.00 bits per heavy atom. The van der Waals surface area contributed by atoms with Crippen molar-refractivity contribution in [1.29, 1.82) is 0 Å². The molecule has 1 N–H and O–H groups in total. The van der Waals surface area contributed by atoms with Gasteiger partial charge >= 0.3 is 0 Å². The van der Waals surface area contributed by atoms with Crippen LogP contribution in [0.5, 0.6) is 0 Å². The van der Waals surface area contributed by atoms with E-state index in [1.165, 1.54) is 0 Å². The lowest BCUT2D eigenvalue weighted by Gasteiger charge is -2.21. The van der Waals surface area contributed by atoms with Crippen molar-refractivity contribution in [2.45, 2.75) is 45.0 Å². The summed E-state index contributed by atoms with van der Waals surface area (Å²) in [5.74, 6) is 0. The molecule has 0 bridgehead atoms. The third-order valence-electron chi connectivity index (χ3n) is 1.67. The molecule has 2 atom stereocenters. The lowest BCUT2D eigenvalue weighted by molar-refractivity contribution is -0.314. The summed E-state index contributed by atoms with van der Waals surface area (Å²) in [7, 11) is 0. The second-order valence-corrected chi connectivity index (χ2v) is 3.38. The van der Waals surface area contributed by atoms with Crippen molar-refractivity contribution in [3.05, 3.63) is 0 Å². The summed E-state index contributed by atoms with van der Waals surface area (Å²) >= 11 is 0. The molecule has 0 spiro atoms. The van der Waals surface area contributed by atoms with Gasteiger partial charge in [-0.2, -0.15) is 0 Å². The fourth-order valence-corrected chi connectivity index (χ4v) is 0.948. The van der Waals surface area contributed by atoms with E-state index in [1.807, 2.05) is 6.92 Å². The molecule has 1 aliphatic heterocycles. The van der Waals surface area contributed by atoms with Gasteiger partial charge < -0.3 is 5.11 Å². The van der Waals surface area contributed by atoms with Crippen molar-refractivity contribution < 1.29 is 14.9 Å². The predicted molar refractivity (Wildman–Crippen MR) is 36.3 cm³/mol. The first-order valence-corrected chi connectivity index (χ1v) is 3.54. The van der Waals surface area contributed by atoms with E-state index in [4.69, 9.17) is 9.78 Å². The molecule has 0 aromatic rings. The third-order valence-corrected chi connectivity index (χ3v) is 1.67. The first-order chi connectivity index (χ1) is 4.50. The van der Waals surface area contributed by atoms with Gasteiger partial charge in [0.25, 0.3) is 0 Å². The van der Waals surface area contributed by atoms with Gasteiger partial charge in [0.1, 0.15) is 6.10 Å². The Hall–Kier alpha value is -0.120. The lowest BCUT2D eigenvalue weighted by atomic mass is 9.98. The fourth-order valence-electron chi connectivity index (χ4n) is 0.948. The number of rotatable bonds is 1. The highest BCUT2D eigenvalue weighted by atomic mass is 17.2. The molecule has 0 amide bonds. The maximum Gasteiger partial charge on any atom is 0.124 e. The minimum absolute atomic E-state index is 0.108. The van der Waals surface area contributed by atoms with Crippen LogP contribution in [0, 0.1) is 0 Å². The molecule has 3 heteroatoms. The van der Waals surface area contributed by atoms with Crippen LogP contribution in [-0.2, 0) is 9.78 Å². The Balaban J connectivity index is 2.45. The summed E-state index contributed by atoms with van der Waals surface area (Å²) in [5.41, 5.74) is -0.787. The second-order valence-electron chi connectivity index (χ2n) is 3.38. The molecule has 3 nitrogen and oxygen atoms in total. The quantitative estimate of drug-likeness (QED) is 0.558. The molecule has 1 fully saturated rings. The zero-order chi connectivity index (χ0) is 7.78. The normalized spacial score (nSPS) is 34.8. The van der Waals surface area contributed by atoms with Gasteiger partial charge in [0.05, 0.1) is 11.7 Å². The molecule has 0 aromatic heterocycles. The molecule has 2 unspecified atom stereocenters. The zero-order valence-corrected chi connectivity index (χ0v) is 6.63. The van der Waals surface area contributed by atoms with E-state index in [9.17, 15) is 5.11 Å². The monoisotopic (exact) mass is 146 g/mol. The highest BCUT2D eigenvalue weighted by molar-refractivity contribution is 4.81. The van der Waals surface area contributed by atoms with Crippen LogP contribution in [0.15, 0.2) is 0 Å². The smallest absolute Gasteiger partial charge is 0.124 e. The van der Waals surface area contributed by atoms with Gasteiger partial charge in [0, 0.05) is 6.42 Å². The van der Waals surface area contributed by atoms with E-state index in [0.717, 1.165) is 6.42 Å². The molecule has 1 saturated heterocycles. The van der Waals surface area contributed by atoms with E-state index in [0.29, 0.717) is 0 Å². The van der Waals surface area contributed by atoms with Gasteiger partial charge in [0.15, 0.2) is 0 Å². The van der Waals surface area contributed by atoms with Crippen molar-refractivity contribution in [3.63, 3.8) is 0 Å². The van der Waals surface area contributed by atoms with Gasteiger partial charge in [0.2, 0.25) is 0 Å². The predicted octanol–water partition coefficient (Wildman–Crippen LogP) is 0.866. The van der Waals surface area contributed by atoms with Crippen LogP contribution in [0.1, 0.15) is 27.2 Å². The molecular weight excluding hydrogens is 132 g/mol. The Morgan fingerprint density at radius 3 is 2.20 bits per heavy atom. The summed E-state index contributed by atoms with van der Waals surface area (Å²) in [6.07, 6.45) is 0.697. The number of hydrogen-bond acceptors (Lipinski definition) is 3. The van der Waals surface area contributed by atoms with Crippen molar-refractivity contribution in [2.24, 2.45) is 0 Å². The standard InChI is InChI=1S/C7H14O3/c1-5-4-6(10-9-5)7(2,3)8/h5-6,8H,4H2,1-3H3. The van der Waals surface area contributed by atoms with Crippen LogP contribution >= 0.6 is 0 Å². The lowest BCUT2D eigenvalue weighted by Crippen LogP contribution is -2.35. The van der Waals surface area contributed by atoms with E-state index in [-0.39, 0.29) is 12.2 Å². The second kappa shape index (κ2) is 2.49. The molecule has 60 valence electrons. The Labute approximate surface area is 60.9 Å². The van der Waals surface area contributed by atoms with Crippen LogP contribution in [0.25, 0.3) is 0 Å². The summed E-state index contributed by atoms with van der Waals surface area (Å²) in [6.45, 7) is 5.36. The first-order valence-electron chi connectivity index (χ1n) is 3.54. The van der Waals surface area contributed by atoms with Crippen molar-refractivity contribution in [3.8, 4) is 0 Å². The Morgan fingerprint density at radius 1 is 1.40 bits per heavy atom. The minimum atomic E-state index is -0.787. The average molecular weight is 146 g/mol. The minimum Gasteiger partial charge on any atom is -0.388 e. The fraction of sp³-hybridized carbons (Fsp3) is 1.00. The molecule has 0 aliphatic carbocycles. The maximum atomic E-state index is 9.43. The molecule has 1 heterocycles. The van der Waals surface area contributed by atoms with Crippen molar-refractivity contribution in [1.82, 2.24) is 0 Å². The zero-order valence-electron chi connectivity index (χ0n) is 6.63. The SMILES string of the molecule is CC1CC(C(C)(C)O)OO1. The molecule has 1 rings (SSSR count). The Kier molecular flexibility index (Phi) is 1.99. The van der Waals surface area contributed by atoms with Crippen molar-refractivity contribution in [2.75, 3.05) is 0 Å². The van der Waals surface area contributed by atoms with Crippen LogP contribution in [0.2, 0.25) is 0 Å². The van der Waals surface area contributed by atoms with Gasteiger partial charge in [-0.3, -0.25) is 0 Å². The summed E-state index contributed by atoms with van der Waals surface area (Å²) < 4.78 is 0. The van der Waals surface area contributed by atoms with E-state index in [1.54, 1.807) is 13.8 Å². The van der Waals surface area contributed by atoms with Crippen molar-refractivity contribution >= 4 is 0 Å². The molecule has 1 aliphatic rings. The molecular formula is C7H14O3. The highest BCUT2D eigenvalue weighted by Crippen LogP contribution is 2.25. The van der Waals surface area contributed by atoms with E-state index in [2.05, 4.69) is 0 Å². The third kappa shape index (κ3) is 1.68. The highest BCUT2D eigenvalue weighted by Gasteiger charge is 2.35. The largest absolute Gasteiger partial charge is 0.388 e. The molecule has 0 saturated carbocycles. The van der Waals surface area contributed by atoms with Crippen LogP contribution in [-0.4, -0.2) is 22.9 Å². The first kappa shape index (κ1) is 7.98. The molecule has 0 radical (unpaired) electrons. The van der Waals surface area contributed by atoms with Gasteiger partial charge in [-0.05, 0) is 20.8 Å². The number of aliphatic hydroxyl groups is 1. The van der Waals surface area contributed by atoms with Crippen LogP contribution in [0.4, 0.5) is 0 Å². The summed E-state index contributed by atoms with van der Waals surface area (Å²) in [4.78, 5) is 9.71. The average Bonchev–Trinajstić information content (AvgIpc) is 2.11. The summed E-state index contributed by atoms with van der Waals surface area (Å²) in [5, 5.41) is 9.43. The molecule has 0 aromatic carbocycles. The van der Waals surface area contributed by atoms with Crippen LogP contribution in [0.3, 0.4) is 0 Å². The number of hydrogen-bond donors (Lipinski definition) is 1. The van der Waals surface area contributed by atoms with Crippen LogP contribution < -0.4 is 0 Å². The van der Waals surface area contributed by atoms with E-state index < -0.39 is 5.60 Å². The van der Waals surface area contributed by atoms with E-state index >= 15 is 0 Å².